The van der Waals surface area contributed by atoms with Gasteiger partial charge >= 0.3 is 0 Å². The third kappa shape index (κ3) is 2.37. The van der Waals surface area contributed by atoms with Crippen molar-refractivity contribution in [2.45, 2.75) is 38.0 Å². The third-order valence-electron chi connectivity index (χ3n) is 3.75. The second kappa shape index (κ2) is 5.24. The molecule has 9 heteroatoms. The summed E-state index contributed by atoms with van der Waals surface area (Å²) in [5, 5.41) is 7.76. The molecule has 8 nitrogen and oxygen atoms in total. The second-order valence-electron chi connectivity index (χ2n) is 4.94. The number of rotatable bonds is 4. The van der Waals surface area contributed by atoms with Crippen molar-refractivity contribution in [1.29, 1.82) is 0 Å². The van der Waals surface area contributed by atoms with Crippen molar-refractivity contribution >= 4 is 10.0 Å². The summed E-state index contributed by atoms with van der Waals surface area (Å²) in [6, 6.07) is 1.65. The number of nitrogens with two attached hydrogens (primary N) is 1. The van der Waals surface area contributed by atoms with Crippen molar-refractivity contribution in [1.82, 2.24) is 23.6 Å². The zero-order valence-corrected chi connectivity index (χ0v) is 12.6. The Morgan fingerprint density at radius 2 is 2.19 bits per heavy atom. The monoisotopic (exact) mass is 310 g/mol. The first-order chi connectivity index (χ1) is 10.1. The SMILES string of the molecule is CCn1cc(S(=O)(=O)N2CCn3cnnc3C2)cc1CN. The molecule has 114 valence electrons. The molecule has 2 aromatic rings. The molecule has 0 saturated carbocycles. The van der Waals surface area contributed by atoms with E-state index in [4.69, 9.17) is 5.73 Å². The summed E-state index contributed by atoms with van der Waals surface area (Å²) in [6.45, 7) is 4.20. The van der Waals surface area contributed by atoms with E-state index in [0.29, 0.717) is 32.0 Å². The van der Waals surface area contributed by atoms with Crippen molar-refractivity contribution in [2.75, 3.05) is 6.54 Å². The molecule has 2 N–H and O–H groups in total. The highest BCUT2D eigenvalue weighted by Gasteiger charge is 2.30. The molecule has 3 heterocycles. The summed E-state index contributed by atoms with van der Waals surface area (Å²) in [6.07, 6.45) is 3.27. The van der Waals surface area contributed by atoms with E-state index in [-0.39, 0.29) is 11.4 Å². The molecule has 1 aliphatic rings. The lowest BCUT2D eigenvalue weighted by Crippen LogP contribution is -2.38. The lowest BCUT2D eigenvalue weighted by atomic mass is 10.4. The predicted octanol–water partition coefficient (Wildman–Crippen LogP) is -0.237. The molecule has 0 bridgehead atoms. The van der Waals surface area contributed by atoms with Crippen LogP contribution in [0.2, 0.25) is 0 Å². The Morgan fingerprint density at radius 3 is 2.86 bits per heavy atom. The molecule has 0 saturated heterocycles. The van der Waals surface area contributed by atoms with E-state index in [0.717, 1.165) is 5.69 Å². The Bertz CT molecular complexity index is 726. The third-order valence-corrected chi connectivity index (χ3v) is 5.56. The fourth-order valence-electron chi connectivity index (χ4n) is 2.53. The van der Waals surface area contributed by atoms with E-state index in [1.54, 1.807) is 18.6 Å². The summed E-state index contributed by atoms with van der Waals surface area (Å²) in [5.41, 5.74) is 6.48. The molecule has 2 aromatic heterocycles. The van der Waals surface area contributed by atoms with Crippen LogP contribution in [0.15, 0.2) is 23.5 Å². The van der Waals surface area contributed by atoms with Gasteiger partial charge in [0.15, 0.2) is 0 Å². The van der Waals surface area contributed by atoms with Gasteiger partial charge in [0.25, 0.3) is 0 Å². The summed E-state index contributed by atoms with van der Waals surface area (Å²) in [4.78, 5) is 0.290. The Morgan fingerprint density at radius 1 is 1.38 bits per heavy atom. The van der Waals surface area contributed by atoms with Crippen LogP contribution in [0.4, 0.5) is 0 Å². The molecule has 0 amide bonds. The van der Waals surface area contributed by atoms with Gasteiger partial charge in [-0.05, 0) is 13.0 Å². The molecular weight excluding hydrogens is 292 g/mol. The van der Waals surface area contributed by atoms with Crippen LogP contribution in [0, 0.1) is 0 Å². The van der Waals surface area contributed by atoms with Gasteiger partial charge in [-0.3, -0.25) is 0 Å². The summed E-state index contributed by atoms with van der Waals surface area (Å²) in [7, 11) is -3.53. The van der Waals surface area contributed by atoms with Crippen LogP contribution in [0.3, 0.4) is 0 Å². The van der Waals surface area contributed by atoms with Gasteiger partial charge in [0, 0.05) is 38.1 Å². The molecule has 0 aliphatic carbocycles. The summed E-state index contributed by atoms with van der Waals surface area (Å²) >= 11 is 0. The maximum absolute atomic E-state index is 12.7. The van der Waals surface area contributed by atoms with E-state index < -0.39 is 10.0 Å². The fraction of sp³-hybridized carbons (Fsp3) is 0.500. The van der Waals surface area contributed by atoms with E-state index in [1.165, 1.54) is 4.31 Å². The topological polar surface area (TPSA) is 99.0 Å². The predicted molar refractivity (Wildman–Crippen MR) is 75.6 cm³/mol. The van der Waals surface area contributed by atoms with Gasteiger partial charge in [-0.15, -0.1) is 10.2 Å². The zero-order chi connectivity index (χ0) is 15.0. The van der Waals surface area contributed by atoms with E-state index in [9.17, 15) is 8.42 Å². The zero-order valence-electron chi connectivity index (χ0n) is 11.8. The largest absolute Gasteiger partial charge is 0.349 e. The highest BCUT2D eigenvalue weighted by atomic mass is 32.2. The molecule has 0 unspecified atom stereocenters. The van der Waals surface area contributed by atoms with Crippen LogP contribution in [0.25, 0.3) is 0 Å². The molecule has 21 heavy (non-hydrogen) atoms. The maximum atomic E-state index is 12.7. The van der Waals surface area contributed by atoms with Crippen LogP contribution in [0.1, 0.15) is 18.4 Å². The number of aryl methyl sites for hydroxylation is 1. The number of nitrogens with zero attached hydrogens (tertiary/aromatic N) is 5. The van der Waals surface area contributed by atoms with Crippen LogP contribution >= 0.6 is 0 Å². The van der Waals surface area contributed by atoms with Crippen molar-refractivity contribution in [3.63, 3.8) is 0 Å². The molecule has 1 aliphatic heterocycles. The van der Waals surface area contributed by atoms with Crippen LogP contribution in [-0.2, 0) is 36.2 Å². The first-order valence-corrected chi connectivity index (χ1v) is 8.26. The minimum absolute atomic E-state index is 0.248. The van der Waals surface area contributed by atoms with Gasteiger partial charge < -0.3 is 14.9 Å². The Kier molecular flexibility index (Phi) is 3.56. The van der Waals surface area contributed by atoms with E-state index >= 15 is 0 Å². The highest BCUT2D eigenvalue weighted by Crippen LogP contribution is 2.22. The van der Waals surface area contributed by atoms with E-state index in [1.807, 2.05) is 16.1 Å². The lowest BCUT2D eigenvalue weighted by Gasteiger charge is -2.25. The van der Waals surface area contributed by atoms with Crippen LogP contribution in [0.5, 0.6) is 0 Å². The first-order valence-electron chi connectivity index (χ1n) is 6.82. The molecule has 0 atom stereocenters. The number of aromatic nitrogens is 4. The molecule has 3 rings (SSSR count). The van der Waals surface area contributed by atoms with E-state index in [2.05, 4.69) is 10.2 Å². The second-order valence-corrected chi connectivity index (χ2v) is 6.87. The van der Waals surface area contributed by atoms with Gasteiger partial charge in [-0.25, -0.2) is 8.42 Å². The Hall–Kier alpha value is -1.71. The van der Waals surface area contributed by atoms with Crippen molar-refractivity contribution in [3.8, 4) is 0 Å². The first kappa shape index (κ1) is 14.2. The fourth-order valence-corrected chi connectivity index (χ4v) is 3.98. The van der Waals surface area contributed by atoms with Crippen molar-refractivity contribution < 1.29 is 8.42 Å². The standard InChI is InChI=1S/C12H18N6O2S/c1-2-16-7-11(5-10(16)6-13)21(19,20)18-4-3-17-9-14-15-12(17)8-18/h5,7,9H,2-4,6,8,13H2,1H3. The van der Waals surface area contributed by atoms with Crippen LogP contribution < -0.4 is 5.73 Å². The quantitative estimate of drug-likeness (QED) is 0.840. The van der Waals surface area contributed by atoms with Gasteiger partial charge in [0.1, 0.15) is 17.0 Å². The number of fused-ring (bicyclic) bond motifs is 1. The average molecular weight is 310 g/mol. The van der Waals surface area contributed by atoms with Gasteiger partial charge in [-0.1, -0.05) is 0 Å². The number of sulfonamides is 1. The molecule has 0 radical (unpaired) electrons. The molecule has 0 fully saturated rings. The number of hydrogen-bond donors (Lipinski definition) is 1. The number of hydrogen-bond acceptors (Lipinski definition) is 5. The minimum atomic E-state index is -3.53. The average Bonchev–Trinajstić information content (AvgIpc) is 3.12. The highest BCUT2D eigenvalue weighted by molar-refractivity contribution is 7.89. The van der Waals surface area contributed by atoms with Gasteiger partial charge in [-0.2, -0.15) is 4.31 Å². The molecule has 0 aromatic carbocycles. The smallest absolute Gasteiger partial charge is 0.245 e. The minimum Gasteiger partial charge on any atom is -0.349 e. The molecule has 0 spiro atoms. The van der Waals surface area contributed by atoms with Crippen molar-refractivity contribution in [3.05, 3.63) is 30.1 Å². The van der Waals surface area contributed by atoms with Gasteiger partial charge in [0.2, 0.25) is 10.0 Å². The van der Waals surface area contributed by atoms with Crippen LogP contribution in [-0.4, -0.2) is 38.6 Å². The molecular formula is C12H18N6O2S. The lowest BCUT2D eigenvalue weighted by molar-refractivity contribution is 0.335. The normalized spacial score (nSPS) is 16.1. The van der Waals surface area contributed by atoms with Crippen molar-refractivity contribution in [2.24, 2.45) is 5.73 Å². The maximum Gasteiger partial charge on any atom is 0.245 e. The summed E-state index contributed by atoms with van der Waals surface area (Å²) in [5.74, 6) is 0.666. The Balaban J connectivity index is 1.92. The Labute approximate surface area is 123 Å². The summed E-state index contributed by atoms with van der Waals surface area (Å²) < 4.78 is 30.6. The van der Waals surface area contributed by atoms with Gasteiger partial charge in [0.05, 0.1) is 6.54 Å².